The largest absolute Gasteiger partial charge is 0.481 e. The molecule has 106 valence electrons. The minimum atomic E-state index is -0.698. The molecule has 0 radical (unpaired) electrons. The molecule has 0 aliphatic rings. The Hall–Kier alpha value is -2.10. The van der Waals surface area contributed by atoms with Crippen LogP contribution in [0.3, 0.4) is 0 Å². The van der Waals surface area contributed by atoms with Crippen LogP contribution < -0.4 is 0 Å². The fourth-order valence-electron chi connectivity index (χ4n) is 2.32. The van der Waals surface area contributed by atoms with Crippen LogP contribution in [0.5, 0.6) is 0 Å². The molecular weight excluding hydrogens is 252 g/mol. The predicted octanol–water partition coefficient (Wildman–Crippen LogP) is 3.00. The van der Waals surface area contributed by atoms with Crippen LogP contribution in [0.2, 0.25) is 0 Å². The second-order valence-corrected chi connectivity index (χ2v) is 5.02. The van der Waals surface area contributed by atoms with Crippen molar-refractivity contribution in [2.24, 2.45) is 5.92 Å². The number of aryl methyl sites for hydroxylation is 1. The van der Waals surface area contributed by atoms with Crippen molar-refractivity contribution in [2.45, 2.75) is 32.2 Å². The number of hydrogen-bond donors (Lipinski definition) is 1. The first kappa shape index (κ1) is 14.3. The molecule has 0 fully saturated rings. The Labute approximate surface area is 119 Å². The first-order valence-electron chi connectivity index (χ1n) is 6.98. The summed E-state index contributed by atoms with van der Waals surface area (Å²) in [5.74, 6) is -0.989. The van der Waals surface area contributed by atoms with Gasteiger partial charge in [-0.2, -0.15) is 0 Å². The molecule has 1 aromatic carbocycles. The van der Waals surface area contributed by atoms with Crippen molar-refractivity contribution >= 4 is 5.97 Å². The molecule has 1 aromatic heterocycles. The molecular formula is C16H20N2O2. The normalized spacial score (nSPS) is 12.2. The van der Waals surface area contributed by atoms with Crippen molar-refractivity contribution in [3.8, 4) is 0 Å². The van der Waals surface area contributed by atoms with E-state index in [9.17, 15) is 9.90 Å². The lowest BCUT2D eigenvalue weighted by Gasteiger charge is -2.12. The third-order valence-corrected chi connectivity index (χ3v) is 3.45. The van der Waals surface area contributed by atoms with Crippen LogP contribution >= 0.6 is 0 Å². The average Bonchev–Trinajstić information content (AvgIpc) is 2.96. The molecule has 4 heteroatoms. The molecule has 4 nitrogen and oxygen atoms in total. The van der Waals surface area contributed by atoms with Crippen LogP contribution in [0.4, 0.5) is 0 Å². The number of carboxylic acid groups (broad SMARTS) is 1. The molecule has 1 atom stereocenters. The first-order valence-corrected chi connectivity index (χ1v) is 6.98. The maximum absolute atomic E-state index is 11.3. The van der Waals surface area contributed by atoms with E-state index in [2.05, 4.69) is 4.98 Å². The summed E-state index contributed by atoms with van der Waals surface area (Å²) in [7, 11) is 0. The van der Waals surface area contributed by atoms with Crippen molar-refractivity contribution in [3.05, 3.63) is 54.6 Å². The van der Waals surface area contributed by atoms with Gasteiger partial charge in [-0.25, -0.2) is 4.98 Å². The highest BCUT2D eigenvalue weighted by atomic mass is 16.4. The van der Waals surface area contributed by atoms with Crippen molar-refractivity contribution in [1.29, 1.82) is 0 Å². The van der Waals surface area contributed by atoms with Crippen LogP contribution in [0, 0.1) is 5.92 Å². The second kappa shape index (κ2) is 7.48. The predicted molar refractivity (Wildman–Crippen MR) is 77.3 cm³/mol. The lowest BCUT2D eigenvalue weighted by molar-refractivity contribution is -0.142. The van der Waals surface area contributed by atoms with Gasteiger partial charge in [-0.1, -0.05) is 36.8 Å². The zero-order chi connectivity index (χ0) is 14.2. The van der Waals surface area contributed by atoms with E-state index < -0.39 is 5.97 Å². The fraction of sp³-hybridized carbons (Fsp3) is 0.375. The molecule has 2 rings (SSSR count). The Kier molecular flexibility index (Phi) is 5.35. The molecule has 1 N–H and O–H groups in total. The highest BCUT2D eigenvalue weighted by Crippen LogP contribution is 2.16. The number of benzene rings is 1. The Balaban J connectivity index is 1.76. The molecule has 0 aliphatic carbocycles. The summed E-state index contributed by atoms with van der Waals surface area (Å²) in [6.45, 7) is 0.900. The van der Waals surface area contributed by atoms with Gasteiger partial charge in [0.1, 0.15) is 0 Å². The number of imidazole rings is 1. The Morgan fingerprint density at radius 2 is 2.05 bits per heavy atom. The van der Waals surface area contributed by atoms with Crippen molar-refractivity contribution in [2.75, 3.05) is 0 Å². The number of carbonyl (C=O) groups is 1. The molecule has 0 saturated heterocycles. The van der Waals surface area contributed by atoms with E-state index in [1.165, 1.54) is 0 Å². The maximum atomic E-state index is 11.3. The van der Waals surface area contributed by atoms with E-state index in [-0.39, 0.29) is 5.92 Å². The van der Waals surface area contributed by atoms with Gasteiger partial charge in [0.15, 0.2) is 0 Å². The van der Waals surface area contributed by atoms with Crippen molar-refractivity contribution < 1.29 is 9.90 Å². The molecule has 0 bridgehead atoms. The zero-order valence-electron chi connectivity index (χ0n) is 11.5. The smallest absolute Gasteiger partial charge is 0.306 e. The van der Waals surface area contributed by atoms with Gasteiger partial charge in [0.05, 0.1) is 12.2 Å². The lowest BCUT2D eigenvalue weighted by atomic mass is 9.94. The summed E-state index contributed by atoms with van der Waals surface area (Å²) in [6, 6.07) is 9.83. The molecule has 20 heavy (non-hydrogen) atoms. The molecule has 1 unspecified atom stereocenters. The topological polar surface area (TPSA) is 55.1 Å². The van der Waals surface area contributed by atoms with Crippen LogP contribution in [0.25, 0.3) is 0 Å². The van der Waals surface area contributed by atoms with Gasteiger partial charge >= 0.3 is 5.97 Å². The van der Waals surface area contributed by atoms with Gasteiger partial charge in [-0.3, -0.25) is 4.79 Å². The highest BCUT2D eigenvalue weighted by molar-refractivity contribution is 5.70. The number of aromatic nitrogens is 2. The van der Waals surface area contributed by atoms with E-state index in [0.717, 1.165) is 31.4 Å². The van der Waals surface area contributed by atoms with Gasteiger partial charge in [0.25, 0.3) is 0 Å². The quantitative estimate of drug-likeness (QED) is 0.752. The van der Waals surface area contributed by atoms with Crippen molar-refractivity contribution in [1.82, 2.24) is 9.55 Å². The number of nitrogens with zero attached hydrogens (tertiary/aromatic N) is 2. The van der Waals surface area contributed by atoms with Gasteiger partial charge in [-0.05, 0) is 24.8 Å². The van der Waals surface area contributed by atoms with Crippen molar-refractivity contribution in [3.63, 3.8) is 0 Å². The summed E-state index contributed by atoms with van der Waals surface area (Å²) >= 11 is 0. The number of aliphatic carboxylic acids is 1. The van der Waals surface area contributed by atoms with Gasteiger partial charge in [0, 0.05) is 18.9 Å². The van der Waals surface area contributed by atoms with E-state index in [1.807, 2.05) is 41.1 Å². The molecule has 0 amide bonds. The Bertz CT molecular complexity index is 509. The monoisotopic (exact) mass is 272 g/mol. The van der Waals surface area contributed by atoms with Crippen LogP contribution in [0.15, 0.2) is 49.1 Å². The molecule has 0 spiro atoms. The van der Waals surface area contributed by atoms with Crippen LogP contribution in [-0.4, -0.2) is 20.6 Å². The van der Waals surface area contributed by atoms with E-state index in [0.29, 0.717) is 6.42 Å². The van der Waals surface area contributed by atoms with Gasteiger partial charge in [0.2, 0.25) is 0 Å². The third-order valence-electron chi connectivity index (χ3n) is 3.45. The SMILES string of the molecule is O=C(O)C(CCCCn1ccnc1)Cc1ccccc1. The average molecular weight is 272 g/mol. The lowest BCUT2D eigenvalue weighted by Crippen LogP contribution is -2.16. The summed E-state index contributed by atoms with van der Waals surface area (Å²) in [4.78, 5) is 15.3. The Morgan fingerprint density at radius 1 is 1.25 bits per heavy atom. The highest BCUT2D eigenvalue weighted by Gasteiger charge is 2.17. The summed E-state index contributed by atoms with van der Waals surface area (Å²) < 4.78 is 2.02. The molecule has 0 saturated carbocycles. The fourth-order valence-corrected chi connectivity index (χ4v) is 2.32. The third kappa shape index (κ3) is 4.53. The number of hydrogen-bond acceptors (Lipinski definition) is 2. The first-order chi connectivity index (χ1) is 9.75. The summed E-state index contributed by atoms with van der Waals surface area (Å²) in [6.07, 6.45) is 8.71. The van der Waals surface area contributed by atoms with Gasteiger partial charge in [-0.15, -0.1) is 0 Å². The summed E-state index contributed by atoms with van der Waals surface area (Å²) in [5, 5.41) is 9.30. The zero-order valence-corrected chi connectivity index (χ0v) is 11.5. The standard InChI is InChI=1S/C16H20N2O2/c19-16(20)15(12-14-6-2-1-3-7-14)8-4-5-10-18-11-9-17-13-18/h1-3,6-7,9,11,13,15H,4-5,8,10,12H2,(H,19,20). The molecule has 1 heterocycles. The Morgan fingerprint density at radius 3 is 2.70 bits per heavy atom. The number of carboxylic acids is 1. The molecule has 0 aliphatic heterocycles. The van der Waals surface area contributed by atoms with Gasteiger partial charge < -0.3 is 9.67 Å². The number of rotatable bonds is 8. The second-order valence-electron chi connectivity index (χ2n) is 5.02. The van der Waals surface area contributed by atoms with E-state index >= 15 is 0 Å². The minimum Gasteiger partial charge on any atom is -0.481 e. The molecule has 2 aromatic rings. The minimum absolute atomic E-state index is 0.291. The van der Waals surface area contributed by atoms with Crippen LogP contribution in [-0.2, 0) is 17.8 Å². The maximum Gasteiger partial charge on any atom is 0.306 e. The van der Waals surface area contributed by atoms with E-state index in [1.54, 1.807) is 12.5 Å². The number of unbranched alkanes of at least 4 members (excludes halogenated alkanes) is 1. The van der Waals surface area contributed by atoms with E-state index in [4.69, 9.17) is 0 Å². The summed E-state index contributed by atoms with van der Waals surface area (Å²) in [5.41, 5.74) is 1.09. The van der Waals surface area contributed by atoms with Crippen LogP contribution in [0.1, 0.15) is 24.8 Å².